The predicted molar refractivity (Wildman–Crippen MR) is 80.2 cm³/mol. The standard InChI is InChI=1S/C17H14F2N2O/c18-13-5-6-16-14(8-13)12(10-20-16)7-17(22)21-9-11-3-1-2-4-15(11)19/h1-6,8,10,20H,7,9H2,(H,21,22). The van der Waals surface area contributed by atoms with E-state index in [1.807, 2.05) is 0 Å². The Morgan fingerprint density at radius 2 is 1.91 bits per heavy atom. The lowest BCUT2D eigenvalue weighted by atomic mass is 10.1. The normalized spacial score (nSPS) is 10.8. The molecule has 0 aliphatic carbocycles. The number of rotatable bonds is 4. The zero-order chi connectivity index (χ0) is 15.5. The summed E-state index contributed by atoms with van der Waals surface area (Å²) in [5.74, 6) is -0.939. The number of H-pyrrole nitrogens is 1. The minimum atomic E-state index is -0.350. The topological polar surface area (TPSA) is 44.9 Å². The van der Waals surface area contributed by atoms with E-state index >= 15 is 0 Å². The number of hydrogen-bond donors (Lipinski definition) is 2. The van der Waals surface area contributed by atoms with Gasteiger partial charge in [0.1, 0.15) is 11.6 Å². The second kappa shape index (κ2) is 5.97. The maximum Gasteiger partial charge on any atom is 0.224 e. The van der Waals surface area contributed by atoms with Gasteiger partial charge >= 0.3 is 0 Å². The number of carbonyl (C=O) groups is 1. The largest absolute Gasteiger partial charge is 0.361 e. The smallest absolute Gasteiger partial charge is 0.224 e. The van der Waals surface area contributed by atoms with Crippen molar-refractivity contribution < 1.29 is 13.6 Å². The number of benzene rings is 2. The van der Waals surface area contributed by atoms with E-state index in [4.69, 9.17) is 0 Å². The first-order chi connectivity index (χ1) is 10.6. The van der Waals surface area contributed by atoms with Crippen molar-refractivity contribution >= 4 is 16.8 Å². The molecule has 1 amide bonds. The van der Waals surface area contributed by atoms with Crippen molar-refractivity contribution in [1.82, 2.24) is 10.3 Å². The molecule has 0 aliphatic heterocycles. The molecule has 3 aromatic rings. The van der Waals surface area contributed by atoms with E-state index in [0.29, 0.717) is 16.5 Å². The number of aromatic amines is 1. The fourth-order valence-electron chi connectivity index (χ4n) is 2.37. The van der Waals surface area contributed by atoms with Crippen LogP contribution in [0.5, 0.6) is 0 Å². The number of amides is 1. The highest BCUT2D eigenvalue weighted by Gasteiger charge is 2.10. The van der Waals surface area contributed by atoms with Gasteiger partial charge in [-0.05, 0) is 29.8 Å². The molecular formula is C17H14F2N2O. The third-order valence-electron chi connectivity index (χ3n) is 3.51. The quantitative estimate of drug-likeness (QED) is 0.763. The van der Waals surface area contributed by atoms with Crippen molar-refractivity contribution in [2.75, 3.05) is 0 Å². The van der Waals surface area contributed by atoms with Crippen LogP contribution in [0.25, 0.3) is 10.9 Å². The summed E-state index contributed by atoms with van der Waals surface area (Å²) in [7, 11) is 0. The zero-order valence-corrected chi connectivity index (χ0v) is 11.7. The van der Waals surface area contributed by atoms with Crippen LogP contribution >= 0.6 is 0 Å². The Morgan fingerprint density at radius 1 is 1.09 bits per heavy atom. The molecule has 0 atom stereocenters. The number of hydrogen-bond acceptors (Lipinski definition) is 1. The van der Waals surface area contributed by atoms with Gasteiger partial charge in [-0.1, -0.05) is 18.2 Å². The average molecular weight is 300 g/mol. The van der Waals surface area contributed by atoms with Crippen molar-refractivity contribution in [1.29, 1.82) is 0 Å². The van der Waals surface area contributed by atoms with Crippen LogP contribution in [0.4, 0.5) is 8.78 Å². The van der Waals surface area contributed by atoms with Gasteiger partial charge in [0, 0.05) is 29.2 Å². The summed E-state index contributed by atoms with van der Waals surface area (Å²) in [6.45, 7) is 0.127. The minimum absolute atomic E-state index is 0.109. The molecule has 2 aromatic carbocycles. The second-order valence-corrected chi connectivity index (χ2v) is 5.05. The molecule has 2 N–H and O–H groups in total. The molecule has 3 nitrogen and oxygen atoms in total. The fourth-order valence-corrected chi connectivity index (χ4v) is 2.37. The van der Waals surface area contributed by atoms with E-state index in [0.717, 1.165) is 5.52 Å². The lowest BCUT2D eigenvalue weighted by Crippen LogP contribution is -2.24. The molecule has 0 unspecified atom stereocenters. The summed E-state index contributed by atoms with van der Waals surface area (Å²) in [6, 6.07) is 10.7. The first-order valence-electron chi connectivity index (χ1n) is 6.89. The second-order valence-electron chi connectivity index (χ2n) is 5.05. The fraction of sp³-hybridized carbons (Fsp3) is 0.118. The van der Waals surface area contributed by atoms with Gasteiger partial charge in [0.15, 0.2) is 0 Å². The Balaban J connectivity index is 1.68. The molecule has 0 radical (unpaired) electrons. The minimum Gasteiger partial charge on any atom is -0.361 e. The lowest BCUT2D eigenvalue weighted by molar-refractivity contribution is -0.120. The summed E-state index contributed by atoms with van der Waals surface area (Å²) < 4.78 is 26.8. The number of halogens is 2. The number of aromatic nitrogens is 1. The molecule has 22 heavy (non-hydrogen) atoms. The van der Waals surface area contributed by atoms with Gasteiger partial charge in [0.2, 0.25) is 5.91 Å². The van der Waals surface area contributed by atoms with Crippen LogP contribution in [-0.2, 0) is 17.8 Å². The summed E-state index contributed by atoms with van der Waals surface area (Å²) in [4.78, 5) is 15.0. The van der Waals surface area contributed by atoms with E-state index < -0.39 is 0 Å². The SMILES string of the molecule is O=C(Cc1c[nH]c2ccc(F)cc12)NCc1ccccc1F. The molecule has 112 valence electrons. The van der Waals surface area contributed by atoms with E-state index in [2.05, 4.69) is 10.3 Å². The van der Waals surface area contributed by atoms with Crippen LogP contribution in [-0.4, -0.2) is 10.9 Å². The molecule has 0 bridgehead atoms. The molecule has 1 aromatic heterocycles. The Morgan fingerprint density at radius 3 is 2.73 bits per heavy atom. The monoisotopic (exact) mass is 300 g/mol. The van der Waals surface area contributed by atoms with E-state index in [1.165, 1.54) is 18.2 Å². The highest BCUT2D eigenvalue weighted by molar-refractivity contribution is 5.88. The van der Waals surface area contributed by atoms with Gasteiger partial charge in [0.25, 0.3) is 0 Å². The number of carbonyl (C=O) groups excluding carboxylic acids is 1. The first-order valence-corrected chi connectivity index (χ1v) is 6.89. The van der Waals surface area contributed by atoms with Gasteiger partial charge in [-0.2, -0.15) is 0 Å². The molecule has 0 spiro atoms. The molecule has 5 heteroatoms. The molecule has 0 saturated carbocycles. The highest BCUT2D eigenvalue weighted by Crippen LogP contribution is 2.19. The summed E-state index contributed by atoms with van der Waals surface area (Å²) in [6.07, 6.45) is 1.80. The van der Waals surface area contributed by atoms with Crippen molar-refractivity contribution in [3.8, 4) is 0 Å². The van der Waals surface area contributed by atoms with Crippen molar-refractivity contribution in [2.24, 2.45) is 0 Å². The van der Waals surface area contributed by atoms with Crippen LogP contribution in [0, 0.1) is 11.6 Å². The van der Waals surface area contributed by atoms with Crippen LogP contribution < -0.4 is 5.32 Å². The average Bonchev–Trinajstić information content (AvgIpc) is 2.89. The predicted octanol–water partition coefficient (Wildman–Crippen LogP) is 3.31. The van der Waals surface area contributed by atoms with Crippen LogP contribution in [0.1, 0.15) is 11.1 Å². The van der Waals surface area contributed by atoms with Gasteiger partial charge in [-0.15, -0.1) is 0 Å². The van der Waals surface area contributed by atoms with Crippen LogP contribution in [0.3, 0.4) is 0 Å². The summed E-state index contributed by atoms with van der Waals surface area (Å²) >= 11 is 0. The molecule has 0 fully saturated rings. The summed E-state index contributed by atoms with van der Waals surface area (Å²) in [5, 5.41) is 3.35. The summed E-state index contributed by atoms with van der Waals surface area (Å²) in [5.41, 5.74) is 1.92. The van der Waals surface area contributed by atoms with Crippen molar-refractivity contribution in [3.05, 3.63) is 71.4 Å². The van der Waals surface area contributed by atoms with E-state index in [9.17, 15) is 13.6 Å². The van der Waals surface area contributed by atoms with Crippen LogP contribution in [0.2, 0.25) is 0 Å². The van der Waals surface area contributed by atoms with Gasteiger partial charge in [-0.3, -0.25) is 4.79 Å². The van der Waals surface area contributed by atoms with Crippen LogP contribution in [0.15, 0.2) is 48.7 Å². The maximum atomic E-state index is 13.5. The van der Waals surface area contributed by atoms with E-state index in [1.54, 1.807) is 30.5 Å². The van der Waals surface area contributed by atoms with Gasteiger partial charge in [-0.25, -0.2) is 8.78 Å². The molecule has 0 saturated heterocycles. The number of nitrogens with one attached hydrogen (secondary N) is 2. The Hall–Kier alpha value is -2.69. The highest BCUT2D eigenvalue weighted by atomic mass is 19.1. The van der Waals surface area contributed by atoms with E-state index in [-0.39, 0.29) is 30.5 Å². The van der Waals surface area contributed by atoms with Crippen molar-refractivity contribution in [2.45, 2.75) is 13.0 Å². The Kier molecular flexibility index (Phi) is 3.87. The molecule has 3 rings (SSSR count). The van der Waals surface area contributed by atoms with Gasteiger partial charge < -0.3 is 10.3 Å². The zero-order valence-electron chi connectivity index (χ0n) is 11.7. The third-order valence-corrected chi connectivity index (χ3v) is 3.51. The Bertz CT molecular complexity index is 826. The Labute approximate surface area is 126 Å². The molecule has 1 heterocycles. The first kappa shape index (κ1) is 14.3. The molecular weight excluding hydrogens is 286 g/mol. The maximum absolute atomic E-state index is 13.5. The van der Waals surface area contributed by atoms with Crippen molar-refractivity contribution in [3.63, 3.8) is 0 Å². The number of fused-ring (bicyclic) bond motifs is 1. The third kappa shape index (κ3) is 2.98. The lowest BCUT2D eigenvalue weighted by Gasteiger charge is -2.06. The molecule has 0 aliphatic rings. The van der Waals surface area contributed by atoms with Gasteiger partial charge in [0.05, 0.1) is 6.42 Å².